The lowest BCUT2D eigenvalue weighted by Crippen LogP contribution is -2.52. The number of fused-ring (bicyclic) bond motifs is 2. The normalized spacial score (nSPS) is 22.2. The van der Waals surface area contributed by atoms with Gasteiger partial charge in [0, 0.05) is 42.3 Å². The molecule has 0 saturated carbocycles. The minimum absolute atomic E-state index is 0.00621. The number of carbonyl (C=O) groups excluding carboxylic acids is 3. The van der Waals surface area contributed by atoms with Gasteiger partial charge in [-0.3, -0.25) is 24.3 Å². The third-order valence-electron chi connectivity index (χ3n) is 7.15. The highest BCUT2D eigenvalue weighted by atomic mass is 32.2. The van der Waals surface area contributed by atoms with Crippen molar-refractivity contribution in [2.45, 2.75) is 29.9 Å². The van der Waals surface area contributed by atoms with E-state index in [0.29, 0.717) is 36.2 Å². The molecule has 1 atom stereocenters. The summed E-state index contributed by atoms with van der Waals surface area (Å²) in [5, 5.41) is 6.01. The molecule has 0 unspecified atom stereocenters. The largest absolute Gasteiger partial charge is 0.481 e. The Hall–Kier alpha value is -3.51. The molecule has 2 fully saturated rings. The summed E-state index contributed by atoms with van der Waals surface area (Å²) < 4.78 is 11.0. The molecule has 4 aliphatic heterocycles. The van der Waals surface area contributed by atoms with Gasteiger partial charge in [0.15, 0.2) is 5.82 Å². The van der Waals surface area contributed by atoms with Crippen LogP contribution < -0.4 is 25.2 Å². The highest BCUT2D eigenvalue weighted by Gasteiger charge is 2.37. The minimum Gasteiger partial charge on any atom is -0.481 e. The molecule has 5 heterocycles. The predicted octanol–water partition coefficient (Wildman–Crippen LogP) is 2.38. The van der Waals surface area contributed by atoms with Crippen LogP contribution in [-0.4, -0.2) is 85.5 Å². The van der Waals surface area contributed by atoms with Crippen LogP contribution in [-0.2, 0) is 14.3 Å². The zero-order chi connectivity index (χ0) is 25.5. The van der Waals surface area contributed by atoms with Crippen molar-refractivity contribution >= 4 is 52.5 Å². The van der Waals surface area contributed by atoms with Crippen LogP contribution in [0.15, 0.2) is 35.2 Å². The molecule has 37 heavy (non-hydrogen) atoms. The lowest BCUT2D eigenvalue weighted by molar-refractivity contribution is -0.118. The van der Waals surface area contributed by atoms with Crippen molar-refractivity contribution < 1.29 is 23.9 Å². The van der Waals surface area contributed by atoms with E-state index in [1.165, 1.54) is 11.8 Å². The number of methoxy groups -OCH3 is 1. The maximum atomic E-state index is 12.8. The first-order chi connectivity index (χ1) is 18.0. The monoisotopic (exact) mass is 524 g/mol. The standard InChI is InChI=1S/C25H28N6O5S/c1-35-22-5-3-18-24(28-22)31(23(33)11-26-18)15-6-8-29(9-7-15)12-17-13-30(25(34)36-17)16-2-4-20-19(10-16)27-21(32)14-37-20/h2-5,10,15,17,26H,6-9,11-14H2,1H3,(H,27,32)/t17-/m1/s1. The molecule has 194 valence electrons. The van der Waals surface area contributed by atoms with Crippen molar-refractivity contribution in [3.63, 3.8) is 0 Å². The van der Waals surface area contributed by atoms with Gasteiger partial charge in [-0.05, 0) is 37.1 Å². The van der Waals surface area contributed by atoms with E-state index in [2.05, 4.69) is 20.5 Å². The first kappa shape index (κ1) is 23.9. The fourth-order valence-corrected chi connectivity index (χ4v) is 6.12. The number of aromatic nitrogens is 1. The molecule has 0 aliphatic carbocycles. The number of anilines is 4. The minimum atomic E-state index is -0.377. The van der Waals surface area contributed by atoms with Crippen LogP contribution in [0, 0.1) is 0 Å². The highest BCUT2D eigenvalue weighted by Crippen LogP contribution is 2.36. The number of likely N-dealkylation sites (tertiary alicyclic amines) is 1. The van der Waals surface area contributed by atoms with E-state index in [0.717, 1.165) is 42.2 Å². The average molecular weight is 525 g/mol. The van der Waals surface area contributed by atoms with Gasteiger partial charge >= 0.3 is 6.09 Å². The number of piperidine rings is 1. The average Bonchev–Trinajstić information content (AvgIpc) is 3.28. The van der Waals surface area contributed by atoms with Crippen LogP contribution in [0.25, 0.3) is 0 Å². The topological polar surface area (TPSA) is 116 Å². The van der Waals surface area contributed by atoms with Gasteiger partial charge in [0.25, 0.3) is 0 Å². The zero-order valence-electron chi connectivity index (χ0n) is 20.4. The summed E-state index contributed by atoms with van der Waals surface area (Å²) in [6.07, 6.45) is 0.974. The van der Waals surface area contributed by atoms with Crippen molar-refractivity contribution in [1.82, 2.24) is 9.88 Å². The Morgan fingerprint density at radius 1 is 1.14 bits per heavy atom. The lowest BCUT2D eigenvalue weighted by Gasteiger charge is -2.40. The van der Waals surface area contributed by atoms with Gasteiger partial charge in [0.05, 0.1) is 37.3 Å². The summed E-state index contributed by atoms with van der Waals surface area (Å²) in [5.74, 6) is 1.46. The summed E-state index contributed by atoms with van der Waals surface area (Å²) in [6.45, 7) is 2.91. The number of thioether (sulfide) groups is 1. The van der Waals surface area contributed by atoms with Crippen LogP contribution in [0.3, 0.4) is 0 Å². The molecule has 1 aromatic carbocycles. The Labute approximate surface area is 218 Å². The van der Waals surface area contributed by atoms with Gasteiger partial charge in [0.1, 0.15) is 6.10 Å². The van der Waals surface area contributed by atoms with Crippen molar-refractivity contribution in [1.29, 1.82) is 0 Å². The first-order valence-corrected chi connectivity index (χ1v) is 13.4. The Morgan fingerprint density at radius 3 is 2.78 bits per heavy atom. The molecule has 6 rings (SSSR count). The molecule has 3 amide bonds. The van der Waals surface area contributed by atoms with E-state index in [4.69, 9.17) is 9.47 Å². The van der Waals surface area contributed by atoms with E-state index in [-0.39, 0.29) is 36.6 Å². The molecule has 0 spiro atoms. The Kier molecular flexibility index (Phi) is 6.29. The van der Waals surface area contributed by atoms with E-state index >= 15 is 0 Å². The van der Waals surface area contributed by atoms with Crippen LogP contribution in [0.4, 0.5) is 27.7 Å². The molecular weight excluding hydrogens is 496 g/mol. The van der Waals surface area contributed by atoms with Crippen LogP contribution >= 0.6 is 11.8 Å². The van der Waals surface area contributed by atoms with Gasteiger partial charge in [-0.25, -0.2) is 4.79 Å². The number of nitrogens with one attached hydrogen (secondary N) is 2. The summed E-state index contributed by atoms with van der Waals surface area (Å²) in [5.41, 5.74) is 2.28. The number of hydrogen-bond donors (Lipinski definition) is 2. The van der Waals surface area contributed by atoms with Crippen molar-refractivity contribution in [3.8, 4) is 5.88 Å². The van der Waals surface area contributed by atoms with E-state index in [9.17, 15) is 14.4 Å². The van der Waals surface area contributed by atoms with Crippen molar-refractivity contribution in [3.05, 3.63) is 30.3 Å². The molecular formula is C25H28N6O5S. The summed E-state index contributed by atoms with van der Waals surface area (Å²) in [6, 6.07) is 9.39. The maximum absolute atomic E-state index is 12.8. The second-order valence-electron chi connectivity index (χ2n) is 9.51. The number of pyridine rings is 1. The quantitative estimate of drug-likeness (QED) is 0.608. The number of hydrogen-bond acceptors (Lipinski definition) is 9. The molecule has 0 radical (unpaired) electrons. The van der Waals surface area contributed by atoms with Gasteiger partial charge in [-0.1, -0.05) is 0 Å². The zero-order valence-corrected chi connectivity index (χ0v) is 21.3. The van der Waals surface area contributed by atoms with Crippen molar-refractivity contribution in [2.24, 2.45) is 0 Å². The highest BCUT2D eigenvalue weighted by molar-refractivity contribution is 8.00. The first-order valence-electron chi connectivity index (χ1n) is 12.4. The summed E-state index contributed by atoms with van der Waals surface area (Å²) >= 11 is 1.49. The van der Waals surface area contributed by atoms with Gasteiger partial charge in [0.2, 0.25) is 17.7 Å². The number of cyclic esters (lactones) is 1. The summed E-state index contributed by atoms with van der Waals surface area (Å²) in [4.78, 5) is 48.5. The number of ether oxygens (including phenoxy) is 2. The Morgan fingerprint density at radius 2 is 1.97 bits per heavy atom. The summed E-state index contributed by atoms with van der Waals surface area (Å²) in [7, 11) is 1.56. The van der Waals surface area contributed by atoms with Gasteiger partial charge in [-0.2, -0.15) is 4.98 Å². The Bertz CT molecular complexity index is 1250. The van der Waals surface area contributed by atoms with E-state index in [1.54, 1.807) is 18.1 Å². The van der Waals surface area contributed by atoms with E-state index in [1.807, 2.05) is 29.2 Å². The molecule has 0 bridgehead atoms. The van der Waals surface area contributed by atoms with Crippen molar-refractivity contribution in [2.75, 3.05) is 66.0 Å². The fraction of sp³-hybridized carbons (Fsp3) is 0.440. The second-order valence-corrected chi connectivity index (χ2v) is 10.5. The third-order valence-corrected chi connectivity index (χ3v) is 8.23. The number of amides is 3. The SMILES string of the molecule is COc1ccc2c(n1)N(C1CCN(C[C@@H]3CN(c4ccc5c(c4)NC(=O)CS5)C(=O)O3)CC1)C(=O)CN2. The molecule has 1 aromatic heterocycles. The number of rotatable bonds is 5. The fourth-order valence-electron chi connectivity index (χ4n) is 5.33. The smallest absolute Gasteiger partial charge is 0.414 e. The molecule has 12 heteroatoms. The van der Waals surface area contributed by atoms with Crippen LogP contribution in [0.1, 0.15) is 12.8 Å². The molecule has 2 aromatic rings. The Balaban J connectivity index is 1.07. The number of nitrogens with zero attached hydrogens (tertiary/aromatic N) is 4. The van der Waals surface area contributed by atoms with Gasteiger partial charge in [-0.15, -0.1) is 11.8 Å². The number of benzene rings is 1. The predicted molar refractivity (Wildman–Crippen MR) is 140 cm³/mol. The van der Waals surface area contributed by atoms with Crippen LogP contribution in [0.5, 0.6) is 5.88 Å². The molecule has 2 saturated heterocycles. The third kappa shape index (κ3) is 4.66. The molecule has 2 N–H and O–H groups in total. The lowest BCUT2D eigenvalue weighted by atomic mass is 10.0. The number of carbonyl (C=O) groups is 3. The van der Waals surface area contributed by atoms with Gasteiger partial charge < -0.3 is 20.1 Å². The second kappa shape index (κ2) is 9.75. The molecule has 4 aliphatic rings. The van der Waals surface area contributed by atoms with Crippen LogP contribution in [0.2, 0.25) is 0 Å². The van der Waals surface area contributed by atoms with E-state index < -0.39 is 0 Å². The molecule has 11 nitrogen and oxygen atoms in total. The maximum Gasteiger partial charge on any atom is 0.414 e.